The van der Waals surface area contributed by atoms with Crippen LogP contribution in [0.2, 0.25) is 0 Å². The van der Waals surface area contributed by atoms with Crippen LogP contribution < -0.4 is 20.3 Å². The van der Waals surface area contributed by atoms with Crippen molar-refractivity contribution in [2.75, 3.05) is 30.4 Å². The van der Waals surface area contributed by atoms with Gasteiger partial charge in [-0.2, -0.15) is 0 Å². The lowest BCUT2D eigenvalue weighted by Crippen LogP contribution is -2.40. The number of alkyl carbamates (subject to hydrolysis) is 1. The van der Waals surface area contributed by atoms with Gasteiger partial charge in [0, 0.05) is 19.1 Å². The number of carboxylic acid groups (broad SMARTS) is 1. The van der Waals surface area contributed by atoms with E-state index in [0.29, 0.717) is 19.5 Å². The van der Waals surface area contributed by atoms with Crippen molar-refractivity contribution in [3.8, 4) is 5.75 Å². The van der Waals surface area contributed by atoms with Crippen LogP contribution >= 0.6 is 0 Å². The van der Waals surface area contributed by atoms with Crippen molar-refractivity contribution < 1.29 is 28.6 Å². The van der Waals surface area contributed by atoms with Gasteiger partial charge in [-0.25, -0.2) is 14.0 Å². The number of hydrogen-bond donors (Lipinski definition) is 3. The summed E-state index contributed by atoms with van der Waals surface area (Å²) in [5.41, 5.74) is -0.570. The number of carbonyl (C=O) groups is 2. The summed E-state index contributed by atoms with van der Waals surface area (Å²) in [5.74, 6) is -1.71. The predicted molar refractivity (Wildman–Crippen MR) is 107 cm³/mol. The number of nitrogens with zero attached hydrogens (tertiary/aromatic N) is 1. The van der Waals surface area contributed by atoms with Gasteiger partial charge in [0.15, 0.2) is 5.82 Å². The van der Waals surface area contributed by atoms with Gasteiger partial charge < -0.3 is 30.1 Å². The molecule has 29 heavy (non-hydrogen) atoms. The van der Waals surface area contributed by atoms with Gasteiger partial charge in [-0.05, 0) is 46.1 Å². The van der Waals surface area contributed by atoms with Crippen LogP contribution in [0.25, 0.3) is 0 Å². The molecule has 1 aliphatic carbocycles. The van der Waals surface area contributed by atoms with E-state index in [1.807, 2.05) is 0 Å². The number of benzene rings is 1. The maximum Gasteiger partial charge on any atom is 0.407 e. The third-order valence-electron chi connectivity index (χ3n) is 4.81. The summed E-state index contributed by atoms with van der Waals surface area (Å²) in [6.45, 7) is 6.20. The molecule has 1 amide bonds. The van der Waals surface area contributed by atoms with E-state index in [-0.39, 0.29) is 34.8 Å². The number of amides is 1. The van der Waals surface area contributed by atoms with Crippen LogP contribution in [0.15, 0.2) is 6.07 Å². The van der Waals surface area contributed by atoms with Gasteiger partial charge in [0.25, 0.3) is 0 Å². The zero-order valence-corrected chi connectivity index (χ0v) is 17.2. The molecule has 1 saturated carbocycles. The van der Waals surface area contributed by atoms with E-state index < -0.39 is 23.5 Å². The summed E-state index contributed by atoms with van der Waals surface area (Å²) in [6, 6.07) is 1.22. The minimum Gasteiger partial charge on any atom is -0.494 e. The monoisotopic (exact) mass is 409 g/mol. The normalized spacial score (nSPS) is 19.1. The molecule has 2 fully saturated rings. The van der Waals surface area contributed by atoms with Crippen molar-refractivity contribution in [1.82, 2.24) is 5.32 Å². The average Bonchev–Trinajstić information content (AvgIpc) is 3.31. The molecule has 8 nitrogen and oxygen atoms in total. The van der Waals surface area contributed by atoms with Crippen LogP contribution in [-0.4, -0.2) is 55.1 Å². The molecule has 0 aromatic heterocycles. The highest BCUT2D eigenvalue weighted by Crippen LogP contribution is 2.41. The number of nitrogens with one attached hydrogen (secondary N) is 2. The van der Waals surface area contributed by atoms with Gasteiger partial charge in [-0.15, -0.1) is 0 Å². The summed E-state index contributed by atoms with van der Waals surface area (Å²) in [4.78, 5) is 25.4. The van der Waals surface area contributed by atoms with Crippen molar-refractivity contribution in [3.63, 3.8) is 0 Å². The minimum absolute atomic E-state index is 0.0145. The number of anilines is 2. The molecule has 1 aromatic rings. The maximum absolute atomic E-state index is 15.4. The fourth-order valence-electron chi connectivity index (χ4n) is 3.36. The number of carbonyl (C=O) groups excluding carboxylic acids is 1. The Hall–Kier alpha value is -2.71. The molecule has 0 bridgehead atoms. The van der Waals surface area contributed by atoms with Crippen LogP contribution in [-0.2, 0) is 4.74 Å². The molecule has 1 unspecified atom stereocenters. The van der Waals surface area contributed by atoms with Crippen molar-refractivity contribution in [2.45, 2.75) is 57.7 Å². The highest BCUT2D eigenvalue weighted by molar-refractivity contribution is 5.97. The predicted octanol–water partition coefficient (Wildman–Crippen LogP) is 3.21. The zero-order valence-electron chi connectivity index (χ0n) is 17.2. The molecule has 0 radical (unpaired) electrons. The highest BCUT2D eigenvalue weighted by atomic mass is 19.1. The molecular formula is C20H28FN3O5. The molecular weight excluding hydrogens is 381 g/mol. The lowest BCUT2D eigenvalue weighted by molar-refractivity contribution is 0.0508. The van der Waals surface area contributed by atoms with Crippen LogP contribution in [0.4, 0.5) is 20.6 Å². The molecule has 1 aromatic carbocycles. The van der Waals surface area contributed by atoms with Crippen molar-refractivity contribution >= 4 is 23.4 Å². The quantitative estimate of drug-likeness (QED) is 0.663. The largest absolute Gasteiger partial charge is 0.494 e. The molecule has 0 spiro atoms. The Morgan fingerprint density at radius 3 is 2.48 bits per heavy atom. The van der Waals surface area contributed by atoms with Crippen LogP contribution in [0.3, 0.4) is 0 Å². The topological polar surface area (TPSA) is 100 Å². The third kappa shape index (κ3) is 5.02. The SMILES string of the molecule is COc1cc(C(=O)O)c(NC2CC2)c(F)c1N1CCC(NC(=O)OC(C)(C)C)C1. The van der Waals surface area contributed by atoms with E-state index in [1.54, 1.807) is 25.7 Å². The lowest BCUT2D eigenvalue weighted by atomic mass is 10.1. The number of halogens is 1. The molecule has 160 valence electrons. The summed E-state index contributed by atoms with van der Waals surface area (Å²) in [6.07, 6.45) is 1.85. The van der Waals surface area contributed by atoms with Gasteiger partial charge in [0.1, 0.15) is 17.0 Å². The Morgan fingerprint density at radius 1 is 1.24 bits per heavy atom. The number of rotatable bonds is 6. The van der Waals surface area contributed by atoms with Gasteiger partial charge in [0.2, 0.25) is 0 Å². The zero-order chi connectivity index (χ0) is 21.3. The van der Waals surface area contributed by atoms with E-state index in [4.69, 9.17) is 9.47 Å². The molecule has 3 rings (SSSR count). The Kier molecular flexibility index (Phi) is 5.77. The summed E-state index contributed by atoms with van der Waals surface area (Å²) in [5, 5.41) is 15.3. The van der Waals surface area contributed by atoms with Crippen LogP contribution in [0.5, 0.6) is 5.75 Å². The number of hydrogen-bond acceptors (Lipinski definition) is 6. The molecule has 3 N–H and O–H groups in total. The fourth-order valence-corrected chi connectivity index (χ4v) is 3.36. The first-order valence-corrected chi connectivity index (χ1v) is 9.74. The van der Waals surface area contributed by atoms with Gasteiger partial charge in [0.05, 0.1) is 24.4 Å². The first kappa shape index (κ1) is 21.0. The first-order chi connectivity index (χ1) is 13.6. The molecule has 2 aliphatic rings. The smallest absolute Gasteiger partial charge is 0.407 e. The second-order valence-corrected chi connectivity index (χ2v) is 8.47. The van der Waals surface area contributed by atoms with E-state index in [9.17, 15) is 14.7 Å². The van der Waals surface area contributed by atoms with Crippen molar-refractivity contribution in [1.29, 1.82) is 0 Å². The Morgan fingerprint density at radius 2 is 1.93 bits per heavy atom. The summed E-state index contributed by atoms with van der Waals surface area (Å²) < 4.78 is 26.0. The molecule has 1 heterocycles. The third-order valence-corrected chi connectivity index (χ3v) is 4.81. The van der Waals surface area contributed by atoms with Crippen molar-refractivity contribution in [3.05, 3.63) is 17.4 Å². The summed E-state index contributed by atoms with van der Waals surface area (Å²) >= 11 is 0. The molecule has 1 aliphatic heterocycles. The van der Waals surface area contributed by atoms with E-state index >= 15 is 4.39 Å². The molecule has 9 heteroatoms. The Balaban J connectivity index is 1.82. The second-order valence-electron chi connectivity index (χ2n) is 8.47. The van der Waals surface area contributed by atoms with E-state index in [2.05, 4.69) is 10.6 Å². The van der Waals surface area contributed by atoms with Gasteiger partial charge in [-0.3, -0.25) is 0 Å². The standard InChI is InChI=1S/C20H28FN3O5/c1-20(2,3)29-19(27)23-12-7-8-24(10-12)17-14(28-4)9-13(18(25)26)16(15(17)21)22-11-5-6-11/h9,11-12,22H,5-8,10H2,1-4H3,(H,23,27)(H,25,26). The van der Waals surface area contributed by atoms with Gasteiger partial charge >= 0.3 is 12.1 Å². The Labute approximate surface area is 169 Å². The van der Waals surface area contributed by atoms with E-state index in [0.717, 1.165) is 12.8 Å². The number of aromatic carboxylic acids is 1. The van der Waals surface area contributed by atoms with Gasteiger partial charge in [-0.1, -0.05) is 0 Å². The molecule has 1 atom stereocenters. The van der Waals surface area contributed by atoms with E-state index in [1.165, 1.54) is 13.2 Å². The lowest BCUT2D eigenvalue weighted by Gasteiger charge is -2.25. The maximum atomic E-state index is 15.4. The Bertz CT molecular complexity index is 804. The fraction of sp³-hybridized carbons (Fsp3) is 0.600. The number of ether oxygens (including phenoxy) is 2. The second kappa shape index (κ2) is 7.96. The highest BCUT2D eigenvalue weighted by Gasteiger charge is 2.33. The van der Waals surface area contributed by atoms with Crippen molar-refractivity contribution in [2.24, 2.45) is 0 Å². The van der Waals surface area contributed by atoms with Crippen LogP contribution in [0, 0.1) is 5.82 Å². The number of methoxy groups -OCH3 is 1. The summed E-state index contributed by atoms with van der Waals surface area (Å²) in [7, 11) is 1.38. The average molecular weight is 409 g/mol. The minimum atomic E-state index is -1.22. The van der Waals surface area contributed by atoms with Crippen LogP contribution in [0.1, 0.15) is 50.4 Å². The first-order valence-electron chi connectivity index (χ1n) is 9.74. The number of carboxylic acids is 1. The molecule has 1 saturated heterocycles.